The lowest BCUT2D eigenvalue weighted by atomic mass is 9.98. The molecule has 5 nitrogen and oxygen atoms in total. The molecule has 0 aliphatic heterocycles. The van der Waals surface area contributed by atoms with Crippen molar-refractivity contribution in [2.45, 2.75) is 18.8 Å². The second kappa shape index (κ2) is 3.69. The summed E-state index contributed by atoms with van der Waals surface area (Å²) in [6, 6.07) is 3.93. The zero-order valence-corrected chi connectivity index (χ0v) is 9.05. The molecule has 2 heterocycles. The second-order valence-electron chi connectivity index (χ2n) is 4.23. The first-order valence-corrected chi connectivity index (χ1v) is 5.45. The van der Waals surface area contributed by atoms with E-state index in [9.17, 15) is 4.79 Å². The third-order valence-corrected chi connectivity index (χ3v) is 3.21. The second-order valence-corrected chi connectivity index (χ2v) is 4.23. The normalized spacial score (nSPS) is 18.0. The molecule has 86 valence electrons. The molecule has 1 aliphatic rings. The molecule has 1 unspecified atom stereocenters. The molecule has 3 rings (SSSR count). The number of carboxylic acids is 1. The summed E-state index contributed by atoms with van der Waals surface area (Å²) in [5, 5.41) is 15.6. The van der Waals surface area contributed by atoms with Gasteiger partial charge in [0.15, 0.2) is 5.69 Å². The molecule has 5 heteroatoms. The fourth-order valence-corrected chi connectivity index (χ4v) is 2.39. The molecular weight excluding hydrogens is 218 g/mol. The Morgan fingerprint density at radius 2 is 2.35 bits per heavy atom. The molecule has 0 saturated heterocycles. The number of nitrogens with zero attached hydrogens (tertiary/aromatic N) is 2. The summed E-state index contributed by atoms with van der Waals surface area (Å²) in [6.07, 6.45) is 5.10. The molecule has 2 N–H and O–H groups in total. The van der Waals surface area contributed by atoms with Crippen molar-refractivity contribution in [3.8, 4) is 0 Å². The van der Waals surface area contributed by atoms with E-state index < -0.39 is 5.97 Å². The first-order chi connectivity index (χ1) is 8.25. The number of nitrogens with one attached hydrogen (secondary N) is 1. The van der Waals surface area contributed by atoms with Crippen LogP contribution in [0.2, 0.25) is 0 Å². The van der Waals surface area contributed by atoms with Crippen molar-refractivity contribution >= 4 is 5.97 Å². The number of aromatic carboxylic acids is 1. The number of fused-ring (bicyclic) bond motifs is 1. The molecule has 0 fully saturated rings. The Balaban J connectivity index is 1.91. The Morgan fingerprint density at radius 1 is 1.47 bits per heavy atom. The van der Waals surface area contributed by atoms with E-state index in [1.807, 2.05) is 18.3 Å². The molecule has 0 amide bonds. The lowest BCUT2D eigenvalue weighted by Gasteiger charge is -2.08. The van der Waals surface area contributed by atoms with E-state index >= 15 is 0 Å². The Labute approximate surface area is 97.5 Å². The molecule has 2 aromatic rings. The lowest BCUT2D eigenvalue weighted by molar-refractivity contribution is 0.0689. The average Bonchev–Trinajstić information content (AvgIpc) is 2.88. The van der Waals surface area contributed by atoms with Gasteiger partial charge >= 0.3 is 5.97 Å². The van der Waals surface area contributed by atoms with Crippen LogP contribution >= 0.6 is 0 Å². The number of pyridine rings is 1. The number of hydrogen-bond acceptors (Lipinski definition) is 3. The minimum atomic E-state index is -0.964. The van der Waals surface area contributed by atoms with E-state index in [0.717, 1.165) is 29.7 Å². The number of carbonyl (C=O) groups is 1. The first kappa shape index (κ1) is 10.0. The Hall–Kier alpha value is -2.17. The number of rotatable bonds is 2. The number of hydrogen-bond donors (Lipinski definition) is 2. The zero-order valence-electron chi connectivity index (χ0n) is 9.05. The number of aromatic amines is 1. The molecule has 17 heavy (non-hydrogen) atoms. The molecule has 0 saturated carbocycles. The van der Waals surface area contributed by atoms with Gasteiger partial charge in [-0.2, -0.15) is 5.10 Å². The third kappa shape index (κ3) is 1.60. The van der Waals surface area contributed by atoms with Crippen LogP contribution in [0.5, 0.6) is 0 Å². The van der Waals surface area contributed by atoms with Crippen LogP contribution in [0.25, 0.3) is 0 Å². The standard InChI is InChI=1S/C12H11N3O2/c16-12(17)11-9-4-8(5-10(9)14-15-11)7-2-1-3-13-6-7/h1-3,6,8H,4-5H2,(H,14,15)(H,16,17). The molecule has 1 aliphatic carbocycles. The first-order valence-electron chi connectivity index (χ1n) is 5.45. The Kier molecular flexibility index (Phi) is 2.18. The van der Waals surface area contributed by atoms with Crippen molar-refractivity contribution in [1.29, 1.82) is 0 Å². The van der Waals surface area contributed by atoms with Crippen molar-refractivity contribution in [2.24, 2.45) is 0 Å². The van der Waals surface area contributed by atoms with Crippen molar-refractivity contribution in [2.75, 3.05) is 0 Å². The summed E-state index contributed by atoms with van der Waals surface area (Å²) in [6.45, 7) is 0. The summed E-state index contributed by atoms with van der Waals surface area (Å²) in [5.41, 5.74) is 3.09. The fraction of sp³-hybridized carbons (Fsp3) is 0.250. The molecular formula is C12H11N3O2. The van der Waals surface area contributed by atoms with Gasteiger partial charge in [-0.05, 0) is 30.4 Å². The highest BCUT2D eigenvalue weighted by molar-refractivity contribution is 5.87. The quantitative estimate of drug-likeness (QED) is 0.815. The highest BCUT2D eigenvalue weighted by atomic mass is 16.4. The highest BCUT2D eigenvalue weighted by Gasteiger charge is 2.30. The summed E-state index contributed by atoms with van der Waals surface area (Å²) >= 11 is 0. The van der Waals surface area contributed by atoms with Gasteiger partial charge in [-0.3, -0.25) is 10.1 Å². The maximum atomic E-state index is 11.0. The van der Waals surface area contributed by atoms with Gasteiger partial charge < -0.3 is 5.11 Å². The van der Waals surface area contributed by atoms with E-state index in [4.69, 9.17) is 5.11 Å². The zero-order chi connectivity index (χ0) is 11.8. The van der Waals surface area contributed by atoms with Gasteiger partial charge in [0.1, 0.15) is 0 Å². The van der Waals surface area contributed by atoms with Gasteiger partial charge in [0.2, 0.25) is 0 Å². The van der Waals surface area contributed by atoms with E-state index in [1.54, 1.807) is 6.20 Å². The summed E-state index contributed by atoms with van der Waals surface area (Å²) < 4.78 is 0. The predicted molar refractivity (Wildman–Crippen MR) is 59.9 cm³/mol. The van der Waals surface area contributed by atoms with E-state index in [1.165, 1.54) is 0 Å². The minimum Gasteiger partial charge on any atom is -0.476 e. The van der Waals surface area contributed by atoms with Gasteiger partial charge in [0, 0.05) is 23.7 Å². The average molecular weight is 229 g/mol. The molecule has 0 bridgehead atoms. The largest absolute Gasteiger partial charge is 0.476 e. The maximum absolute atomic E-state index is 11.0. The van der Waals surface area contributed by atoms with Crippen LogP contribution in [0.15, 0.2) is 24.5 Å². The van der Waals surface area contributed by atoms with Crippen LogP contribution in [0, 0.1) is 0 Å². The van der Waals surface area contributed by atoms with E-state index in [-0.39, 0.29) is 5.69 Å². The topological polar surface area (TPSA) is 78.9 Å². The predicted octanol–water partition coefficient (Wildman–Crippen LogP) is 1.39. The lowest BCUT2D eigenvalue weighted by Crippen LogP contribution is -2.04. The molecule has 0 spiro atoms. The number of carboxylic acid groups (broad SMARTS) is 1. The molecule has 1 atom stereocenters. The van der Waals surface area contributed by atoms with Crippen LogP contribution in [-0.2, 0) is 12.8 Å². The van der Waals surface area contributed by atoms with E-state index in [0.29, 0.717) is 5.92 Å². The maximum Gasteiger partial charge on any atom is 0.356 e. The van der Waals surface area contributed by atoms with Crippen LogP contribution in [-0.4, -0.2) is 26.3 Å². The summed E-state index contributed by atoms with van der Waals surface area (Å²) in [5.74, 6) is -0.652. The Morgan fingerprint density at radius 3 is 3.06 bits per heavy atom. The molecule has 2 aromatic heterocycles. The van der Waals surface area contributed by atoms with Crippen molar-refractivity contribution < 1.29 is 9.90 Å². The van der Waals surface area contributed by atoms with Gasteiger partial charge in [-0.25, -0.2) is 4.79 Å². The van der Waals surface area contributed by atoms with Gasteiger partial charge in [0.05, 0.1) is 0 Å². The van der Waals surface area contributed by atoms with Crippen LogP contribution in [0.3, 0.4) is 0 Å². The van der Waals surface area contributed by atoms with Crippen LogP contribution in [0.1, 0.15) is 33.2 Å². The molecule has 0 aromatic carbocycles. The monoisotopic (exact) mass is 229 g/mol. The summed E-state index contributed by atoms with van der Waals surface area (Å²) in [7, 11) is 0. The molecule has 0 radical (unpaired) electrons. The SMILES string of the molecule is O=C(O)c1n[nH]c2c1CC(c1cccnc1)C2. The van der Waals surface area contributed by atoms with E-state index in [2.05, 4.69) is 15.2 Å². The Bertz CT molecular complexity index is 562. The van der Waals surface area contributed by atoms with Gasteiger partial charge in [0.25, 0.3) is 0 Å². The van der Waals surface area contributed by atoms with Gasteiger partial charge in [-0.1, -0.05) is 6.07 Å². The van der Waals surface area contributed by atoms with Crippen LogP contribution in [0.4, 0.5) is 0 Å². The third-order valence-electron chi connectivity index (χ3n) is 3.21. The number of aromatic nitrogens is 3. The highest BCUT2D eigenvalue weighted by Crippen LogP contribution is 2.34. The van der Waals surface area contributed by atoms with Gasteiger partial charge in [-0.15, -0.1) is 0 Å². The van der Waals surface area contributed by atoms with Crippen molar-refractivity contribution in [1.82, 2.24) is 15.2 Å². The van der Waals surface area contributed by atoms with Crippen LogP contribution < -0.4 is 0 Å². The van der Waals surface area contributed by atoms with Crippen molar-refractivity contribution in [3.05, 3.63) is 47.0 Å². The smallest absolute Gasteiger partial charge is 0.356 e. The minimum absolute atomic E-state index is 0.159. The number of H-pyrrole nitrogens is 1. The van der Waals surface area contributed by atoms with Crippen molar-refractivity contribution in [3.63, 3.8) is 0 Å². The fourth-order valence-electron chi connectivity index (χ4n) is 2.39. The summed E-state index contributed by atoms with van der Waals surface area (Å²) in [4.78, 5) is 15.1.